The molecular weight excluding hydrogens is 114 g/mol. The molecular formula is C7H13NO. The van der Waals surface area contributed by atoms with Crippen molar-refractivity contribution in [3.63, 3.8) is 0 Å². The fraction of sp³-hybridized carbons (Fsp3) is 0.714. The Bertz CT molecular complexity index is 95.1. The van der Waals surface area contributed by atoms with Crippen molar-refractivity contribution >= 4 is 0 Å². The smallest absolute Gasteiger partial charge is 0.0471 e. The van der Waals surface area contributed by atoms with Gasteiger partial charge < -0.3 is 10.5 Å². The molecule has 0 aromatic carbocycles. The summed E-state index contributed by atoms with van der Waals surface area (Å²) in [6.07, 6.45) is 5.96. The van der Waals surface area contributed by atoms with Crippen LogP contribution in [0, 0.1) is 5.92 Å². The third-order valence-corrected chi connectivity index (χ3v) is 1.65. The van der Waals surface area contributed by atoms with Gasteiger partial charge in [-0.05, 0) is 25.0 Å². The van der Waals surface area contributed by atoms with Crippen LogP contribution in [0.15, 0.2) is 12.3 Å². The minimum Gasteiger partial charge on any atom is -0.405 e. The highest BCUT2D eigenvalue weighted by molar-refractivity contribution is 4.85. The number of nitrogens with two attached hydrogens (primary N) is 1. The number of rotatable bonds is 1. The van der Waals surface area contributed by atoms with Crippen LogP contribution in [0.25, 0.3) is 0 Å². The van der Waals surface area contributed by atoms with Crippen LogP contribution >= 0.6 is 0 Å². The molecule has 1 heterocycles. The zero-order valence-corrected chi connectivity index (χ0v) is 5.55. The first-order chi connectivity index (χ1) is 4.43. The van der Waals surface area contributed by atoms with Gasteiger partial charge in [0.15, 0.2) is 0 Å². The van der Waals surface area contributed by atoms with Gasteiger partial charge in [0.25, 0.3) is 0 Å². The van der Waals surface area contributed by atoms with Crippen LogP contribution in [0.1, 0.15) is 12.8 Å². The molecule has 1 fully saturated rings. The van der Waals surface area contributed by atoms with Crippen molar-refractivity contribution in [2.75, 3.05) is 13.2 Å². The van der Waals surface area contributed by atoms with Gasteiger partial charge in [-0.1, -0.05) is 6.08 Å². The standard InChI is InChI=1S/C7H13NO/c8-4-1-7-2-5-9-6-3-7/h1,4,7H,2-3,5-6,8H2/b4-1+. The van der Waals surface area contributed by atoms with E-state index in [0.717, 1.165) is 26.1 Å². The van der Waals surface area contributed by atoms with Gasteiger partial charge >= 0.3 is 0 Å². The second kappa shape index (κ2) is 3.51. The molecule has 0 amide bonds. The second-order valence-corrected chi connectivity index (χ2v) is 2.33. The quantitative estimate of drug-likeness (QED) is 0.567. The maximum absolute atomic E-state index is 5.24. The highest BCUT2D eigenvalue weighted by Gasteiger charge is 2.08. The van der Waals surface area contributed by atoms with E-state index in [9.17, 15) is 0 Å². The molecule has 0 atom stereocenters. The third-order valence-electron chi connectivity index (χ3n) is 1.65. The number of ether oxygens (including phenoxy) is 1. The fourth-order valence-electron chi connectivity index (χ4n) is 1.07. The fourth-order valence-corrected chi connectivity index (χ4v) is 1.07. The lowest BCUT2D eigenvalue weighted by molar-refractivity contribution is 0.0785. The van der Waals surface area contributed by atoms with Crippen molar-refractivity contribution in [2.24, 2.45) is 11.7 Å². The van der Waals surface area contributed by atoms with E-state index in [2.05, 4.69) is 6.08 Å². The molecule has 2 N–H and O–H groups in total. The minimum atomic E-state index is 0.670. The van der Waals surface area contributed by atoms with Crippen LogP contribution in [0.2, 0.25) is 0 Å². The largest absolute Gasteiger partial charge is 0.405 e. The summed E-state index contributed by atoms with van der Waals surface area (Å²) in [5, 5.41) is 0. The molecule has 1 saturated heterocycles. The number of hydrogen-bond acceptors (Lipinski definition) is 2. The number of hydrogen-bond donors (Lipinski definition) is 1. The normalized spacial score (nSPS) is 23.1. The Balaban J connectivity index is 2.23. The highest BCUT2D eigenvalue weighted by atomic mass is 16.5. The predicted octanol–water partition coefficient (Wildman–Crippen LogP) is 0.885. The molecule has 0 aliphatic carbocycles. The molecule has 0 aromatic heterocycles. The Morgan fingerprint density at radius 2 is 2.00 bits per heavy atom. The molecule has 0 spiro atoms. The van der Waals surface area contributed by atoms with Crippen LogP contribution in [0.5, 0.6) is 0 Å². The second-order valence-electron chi connectivity index (χ2n) is 2.33. The van der Waals surface area contributed by atoms with Crippen LogP contribution < -0.4 is 5.73 Å². The van der Waals surface area contributed by atoms with Gasteiger partial charge in [-0.3, -0.25) is 0 Å². The lowest BCUT2D eigenvalue weighted by Crippen LogP contribution is -2.13. The Kier molecular flexibility index (Phi) is 2.58. The maximum Gasteiger partial charge on any atom is 0.0471 e. The van der Waals surface area contributed by atoms with E-state index >= 15 is 0 Å². The molecule has 1 aliphatic heterocycles. The Morgan fingerprint density at radius 1 is 1.33 bits per heavy atom. The summed E-state index contributed by atoms with van der Waals surface area (Å²) >= 11 is 0. The average molecular weight is 127 g/mol. The average Bonchev–Trinajstić information content (AvgIpc) is 1.91. The molecule has 0 aromatic rings. The molecule has 2 heteroatoms. The van der Waals surface area contributed by atoms with E-state index in [-0.39, 0.29) is 0 Å². The van der Waals surface area contributed by atoms with Gasteiger partial charge in [0, 0.05) is 13.2 Å². The van der Waals surface area contributed by atoms with Gasteiger partial charge in [-0.25, -0.2) is 0 Å². The summed E-state index contributed by atoms with van der Waals surface area (Å²) in [4.78, 5) is 0. The Labute approximate surface area is 55.7 Å². The van der Waals surface area contributed by atoms with Crippen molar-refractivity contribution in [1.82, 2.24) is 0 Å². The van der Waals surface area contributed by atoms with E-state index in [1.807, 2.05) is 0 Å². The lowest BCUT2D eigenvalue weighted by Gasteiger charge is -2.17. The van der Waals surface area contributed by atoms with E-state index in [1.165, 1.54) is 0 Å². The molecule has 52 valence electrons. The van der Waals surface area contributed by atoms with Crippen LogP contribution in [-0.2, 0) is 4.74 Å². The molecule has 0 radical (unpaired) electrons. The van der Waals surface area contributed by atoms with Crippen molar-refractivity contribution in [2.45, 2.75) is 12.8 Å². The summed E-state index contributed by atoms with van der Waals surface area (Å²) in [6.45, 7) is 1.80. The minimum absolute atomic E-state index is 0.670. The van der Waals surface area contributed by atoms with Crippen LogP contribution in [0.3, 0.4) is 0 Å². The Hall–Kier alpha value is -0.500. The van der Waals surface area contributed by atoms with Gasteiger partial charge in [0.1, 0.15) is 0 Å². The van der Waals surface area contributed by atoms with Crippen LogP contribution in [0.4, 0.5) is 0 Å². The van der Waals surface area contributed by atoms with E-state index in [4.69, 9.17) is 10.5 Å². The topological polar surface area (TPSA) is 35.2 Å². The van der Waals surface area contributed by atoms with Gasteiger partial charge in [-0.2, -0.15) is 0 Å². The SMILES string of the molecule is N/C=C/C1CCOCC1. The molecule has 0 bridgehead atoms. The van der Waals surface area contributed by atoms with Gasteiger partial charge in [0.05, 0.1) is 0 Å². The molecule has 9 heavy (non-hydrogen) atoms. The monoisotopic (exact) mass is 127 g/mol. The zero-order valence-electron chi connectivity index (χ0n) is 5.55. The first-order valence-electron chi connectivity index (χ1n) is 3.39. The summed E-state index contributed by atoms with van der Waals surface area (Å²) < 4.78 is 5.17. The van der Waals surface area contributed by atoms with E-state index in [1.54, 1.807) is 6.20 Å². The molecule has 0 saturated carbocycles. The molecule has 2 nitrogen and oxygen atoms in total. The molecule has 0 unspecified atom stereocenters. The molecule has 1 aliphatic rings. The predicted molar refractivity (Wildman–Crippen MR) is 36.9 cm³/mol. The van der Waals surface area contributed by atoms with E-state index in [0.29, 0.717) is 5.92 Å². The third kappa shape index (κ3) is 2.06. The van der Waals surface area contributed by atoms with Crippen molar-refractivity contribution in [3.05, 3.63) is 12.3 Å². The van der Waals surface area contributed by atoms with Crippen molar-refractivity contribution < 1.29 is 4.74 Å². The Morgan fingerprint density at radius 3 is 2.56 bits per heavy atom. The zero-order chi connectivity index (χ0) is 6.53. The van der Waals surface area contributed by atoms with Gasteiger partial charge in [-0.15, -0.1) is 0 Å². The van der Waals surface area contributed by atoms with Crippen molar-refractivity contribution in [1.29, 1.82) is 0 Å². The molecule has 1 rings (SSSR count). The maximum atomic E-state index is 5.24. The first kappa shape index (κ1) is 6.62. The number of allylic oxidation sites excluding steroid dienone is 1. The van der Waals surface area contributed by atoms with E-state index < -0.39 is 0 Å². The summed E-state index contributed by atoms with van der Waals surface area (Å²) in [5.41, 5.74) is 5.24. The summed E-state index contributed by atoms with van der Waals surface area (Å²) in [7, 11) is 0. The van der Waals surface area contributed by atoms with Crippen molar-refractivity contribution in [3.8, 4) is 0 Å². The highest BCUT2D eigenvalue weighted by Crippen LogP contribution is 2.14. The van der Waals surface area contributed by atoms with Crippen LogP contribution in [-0.4, -0.2) is 13.2 Å². The summed E-state index contributed by atoms with van der Waals surface area (Å²) in [6, 6.07) is 0. The lowest BCUT2D eigenvalue weighted by atomic mass is 10.0. The first-order valence-corrected chi connectivity index (χ1v) is 3.39. The summed E-state index contributed by atoms with van der Waals surface area (Å²) in [5.74, 6) is 0.670. The van der Waals surface area contributed by atoms with Gasteiger partial charge in [0.2, 0.25) is 0 Å².